The lowest BCUT2D eigenvalue weighted by Gasteiger charge is -2.13. The van der Waals surface area contributed by atoms with E-state index in [1.54, 1.807) is 18.6 Å². The van der Waals surface area contributed by atoms with Gasteiger partial charge in [-0.2, -0.15) is 0 Å². The second-order valence-electron chi connectivity index (χ2n) is 3.71. The molecule has 0 fully saturated rings. The van der Waals surface area contributed by atoms with Gasteiger partial charge in [0.05, 0.1) is 5.69 Å². The molecular weight excluding hydrogens is 198 g/mol. The van der Waals surface area contributed by atoms with E-state index in [-0.39, 0.29) is 0 Å². The van der Waals surface area contributed by atoms with Crippen molar-refractivity contribution < 1.29 is 0 Å². The predicted molar refractivity (Wildman–Crippen MR) is 63.7 cm³/mol. The zero-order chi connectivity index (χ0) is 11.2. The highest BCUT2D eigenvalue weighted by atomic mass is 14.9. The molecule has 0 unspecified atom stereocenters. The van der Waals surface area contributed by atoms with Gasteiger partial charge in [0.25, 0.3) is 0 Å². The molecular formula is C13H15N3. The summed E-state index contributed by atoms with van der Waals surface area (Å²) in [5, 5.41) is 3.41. The minimum atomic E-state index is 0.322. The lowest BCUT2D eigenvalue weighted by atomic mass is 10.1. The molecule has 0 amide bonds. The third-order valence-corrected chi connectivity index (χ3v) is 2.51. The fraction of sp³-hybridized carbons (Fsp3) is 0.231. The maximum absolute atomic E-state index is 4.22. The molecule has 1 aromatic carbocycles. The van der Waals surface area contributed by atoms with Crippen molar-refractivity contribution in [1.82, 2.24) is 15.3 Å². The molecule has 3 heteroatoms. The smallest absolute Gasteiger partial charge is 0.0724 e. The first-order valence-electron chi connectivity index (χ1n) is 5.39. The molecule has 0 aliphatic rings. The van der Waals surface area contributed by atoms with Crippen LogP contribution in [0.5, 0.6) is 0 Å². The molecule has 16 heavy (non-hydrogen) atoms. The SMILES string of the molecule is C[C@H](NCc1cnccn1)c1ccccc1. The molecule has 2 rings (SSSR count). The number of hydrogen-bond acceptors (Lipinski definition) is 3. The Morgan fingerprint density at radius 1 is 1.19 bits per heavy atom. The van der Waals surface area contributed by atoms with E-state index in [0.29, 0.717) is 6.04 Å². The molecule has 0 saturated heterocycles. The lowest BCUT2D eigenvalue weighted by Crippen LogP contribution is -2.18. The van der Waals surface area contributed by atoms with Gasteiger partial charge < -0.3 is 5.32 Å². The first kappa shape index (κ1) is 10.8. The summed E-state index contributed by atoms with van der Waals surface area (Å²) in [5.74, 6) is 0. The van der Waals surface area contributed by atoms with E-state index in [4.69, 9.17) is 0 Å². The Morgan fingerprint density at radius 2 is 2.00 bits per heavy atom. The topological polar surface area (TPSA) is 37.8 Å². The molecule has 0 spiro atoms. The Balaban J connectivity index is 1.92. The van der Waals surface area contributed by atoms with Gasteiger partial charge in [0.15, 0.2) is 0 Å². The van der Waals surface area contributed by atoms with Crippen LogP contribution < -0.4 is 5.32 Å². The average Bonchev–Trinajstić information content (AvgIpc) is 2.38. The minimum absolute atomic E-state index is 0.322. The van der Waals surface area contributed by atoms with Crippen molar-refractivity contribution in [2.24, 2.45) is 0 Å². The van der Waals surface area contributed by atoms with Gasteiger partial charge in [-0.05, 0) is 12.5 Å². The Kier molecular flexibility index (Phi) is 3.62. The summed E-state index contributed by atoms with van der Waals surface area (Å²) in [4.78, 5) is 8.25. The zero-order valence-electron chi connectivity index (χ0n) is 9.30. The largest absolute Gasteiger partial charge is 0.305 e. The van der Waals surface area contributed by atoms with E-state index in [9.17, 15) is 0 Å². The lowest BCUT2D eigenvalue weighted by molar-refractivity contribution is 0.566. The van der Waals surface area contributed by atoms with Crippen molar-refractivity contribution in [2.45, 2.75) is 19.5 Å². The van der Waals surface area contributed by atoms with Crippen molar-refractivity contribution in [1.29, 1.82) is 0 Å². The summed E-state index contributed by atoms with van der Waals surface area (Å²) in [6, 6.07) is 10.7. The van der Waals surface area contributed by atoms with Crippen molar-refractivity contribution in [3.8, 4) is 0 Å². The molecule has 1 heterocycles. The van der Waals surface area contributed by atoms with Crippen LogP contribution in [-0.4, -0.2) is 9.97 Å². The molecule has 0 aliphatic heterocycles. The second kappa shape index (κ2) is 5.37. The molecule has 1 aromatic heterocycles. The highest BCUT2D eigenvalue weighted by Crippen LogP contribution is 2.11. The molecule has 0 aliphatic carbocycles. The van der Waals surface area contributed by atoms with Gasteiger partial charge in [-0.3, -0.25) is 9.97 Å². The molecule has 1 N–H and O–H groups in total. The number of rotatable bonds is 4. The van der Waals surface area contributed by atoms with Crippen LogP contribution in [0, 0.1) is 0 Å². The average molecular weight is 213 g/mol. The van der Waals surface area contributed by atoms with Crippen LogP contribution in [0.1, 0.15) is 24.2 Å². The van der Waals surface area contributed by atoms with Crippen LogP contribution >= 0.6 is 0 Å². The van der Waals surface area contributed by atoms with Gasteiger partial charge in [-0.25, -0.2) is 0 Å². The van der Waals surface area contributed by atoms with Gasteiger partial charge in [-0.1, -0.05) is 30.3 Å². The summed E-state index contributed by atoms with van der Waals surface area (Å²) in [6.07, 6.45) is 5.18. The van der Waals surface area contributed by atoms with Gasteiger partial charge in [0.2, 0.25) is 0 Å². The van der Waals surface area contributed by atoms with Crippen LogP contribution in [0.15, 0.2) is 48.9 Å². The van der Waals surface area contributed by atoms with E-state index in [2.05, 4.69) is 46.5 Å². The van der Waals surface area contributed by atoms with Crippen molar-refractivity contribution in [3.05, 3.63) is 60.2 Å². The number of hydrogen-bond donors (Lipinski definition) is 1. The zero-order valence-corrected chi connectivity index (χ0v) is 9.30. The molecule has 2 aromatic rings. The highest BCUT2D eigenvalue weighted by Gasteiger charge is 2.03. The first-order chi connectivity index (χ1) is 7.86. The summed E-state index contributed by atoms with van der Waals surface area (Å²) in [6.45, 7) is 2.88. The first-order valence-corrected chi connectivity index (χ1v) is 5.39. The molecule has 82 valence electrons. The van der Waals surface area contributed by atoms with Crippen molar-refractivity contribution in [2.75, 3.05) is 0 Å². The monoisotopic (exact) mass is 213 g/mol. The van der Waals surface area contributed by atoms with Crippen LogP contribution in [0.25, 0.3) is 0 Å². The maximum Gasteiger partial charge on any atom is 0.0724 e. The molecule has 0 radical (unpaired) electrons. The summed E-state index contributed by atoms with van der Waals surface area (Å²) >= 11 is 0. The normalized spacial score (nSPS) is 12.3. The number of nitrogens with one attached hydrogen (secondary N) is 1. The Morgan fingerprint density at radius 3 is 2.69 bits per heavy atom. The van der Waals surface area contributed by atoms with E-state index < -0.39 is 0 Å². The van der Waals surface area contributed by atoms with Crippen LogP contribution in [0.2, 0.25) is 0 Å². The minimum Gasteiger partial charge on any atom is -0.305 e. The second-order valence-corrected chi connectivity index (χ2v) is 3.71. The van der Waals surface area contributed by atoms with Gasteiger partial charge in [0.1, 0.15) is 0 Å². The molecule has 1 atom stereocenters. The number of benzene rings is 1. The van der Waals surface area contributed by atoms with Crippen LogP contribution in [0.3, 0.4) is 0 Å². The summed E-state index contributed by atoms with van der Waals surface area (Å²) < 4.78 is 0. The summed E-state index contributed by atoms with van der Waals surface area (Å²) in [7, 11) is 0. The number of nitrogens with zero attached hydrogens (tertiary/aromatic N) is 2. The van der Waals surface area contributed by atoms with Gasteiger partial charge in [0, 0.05) is 31.2 Å². The standard InChI is InChI=1S/C13H15N3/c1-11(12-5-3-2-4-6-12)16-10-13-9-14-7-8-15-13/h2-9,11,16H,10H2,1H3/t11-/m0/s1. The quantitative estimate of drug-likeness (QED) is 0.847. The molecule has 0 saturated carbocycles. The van der Waals surface area contributed by atoms with E-state index >= 15 is 0 Å². The molecule has 3 nitrogen and oxygen atoms in total. The van der Waals surface area contributed by atoms with Crippen LogP contribution in [-0.2, 0) is 6.54 Å². The fourth-order valence-electron chi connectivity index (χ4n) is 1.54. The van der Waals surface area contributed by atoms with E-state index in [0.717, 1.165) is 12.2 Å². The summed E-state index contributed by atoms with van der Waals surface area (Å²) in [5.41, 5.74) is 2.25. The van der Waals surface area contributed by atoms with Gasteiger partial charge >= 0.3 is 0 Å². The Labute approximate surface area is 95.6 Å². The third kappa shape index (κ3) is 2.87. The van der Waals surface area contributed by atoms with Crippen LogP contribution in [0.4, 0.5) is 0 Å². The van der Waals surface area contributed by atoms with Crippen molar-refractivity contribution in [3.63, 3.8) is 0 Å². The van der Waals surface area contributed by atoms with Gasteiger partial charge in [-0.15, -0.1) is 0 Å². The third-order valence-electron chi connectivity index (χ3n) is 2.51. The number of aromatic nitrogens is 2. The predicted octanol–water partition coefficient (Wildman–Crippen LogP) is 2.33. The van der Waals surface area contributed by atoms with E-state index in [1.807, 2.05) is 6.07 Å². The highest BCUT2D eigenvalue weighted by molar-refractivity contribution is 5.18. The maximum atomic E-state index is 4.22. The fourth-order valence-corrected chi connectivity index (χ4v) is 1.54. The Hall–Kier alpha value is -1.74. The molecule has 0 bridgehead atoms. The Bertz CT molecular complexity index is 414. The van der Waals surface area contributed by atoms with E-state index in [1.165, 1.54) is 5.56 Å². The van der Waals surface area contributed by atoms with Crippen molar-refractivity contribution >= 4 is 0 Å².